The quantitative estimate of drug-likeness (QED) is 0.716. The van der Waals surface area contributed by atoms with Gasteiger partial charge in [-0.15, -0.1) is 0 Å². The van der Waals surface area contributed by atoms with E-state index in [1.807, 2.05) is 4.90 Å². The molecule has 0 bridgehead atoms. The minimum Gasteiger partial charge on any atom is -0.480 e. The standard InChI is InChI=1S/C11H23NO2/c1-5-7-12(9-10(13)14)8-6-11(2,3)4/h5-9H2,1-4H3,(H,13,14). The van der Waals surface area contributed by atoms with Gasteiger partial charge in [0.2, 0.25) is 0 Å². The van der Waals surface area contributed by atoms with E-state index in [2.05, 4.69) is 27.7 Å². The number of carboxylic acids is 1. The van der Waals surface area contributed by atoms with Gasteiger partial charge in [0.25, 0.3) is 0 Å². The van der Waals surface area contributed by atoms with Gasteiger partial charge in [-0.1, -0.05) is 27.7 Å². The van der Waals surface area contributed by atoms with E-state index in [0.29, 0.717) is 0 Å². The van der Waals surface area contributed by atoms with Crippen LogP contribution in [-0.4, -0.2) is 35.6 Å². The number of carbonyl (C=O) groups is 1. The van der Waals surface area contributed by atoms with Crippen molar-refractivity contribution in [2.75, 3.05) is 19.6 Å². The Labute approximate surface area is 87.1 Å². The molecule has 0 rings (SSSR count). The summed E-state index contributed by atoms with van der Waals surface area (Å²) in [5.41, 5.74) is 0.282. The van der Waals surface area contributed by atoms with Crippen LogP contribution < -0.4 is 0 Å². The van der Waals surface area contributed by atoms with Crippen molar-refractivity contribution in [2.24, 2.45) is 5.41 Å². The molecule has 84 valence electrons. The van der Waals surface area contributed by atoms with E-state index in [-0.39, 0.29) is 12.0 Å². The number of carboxylic acid groups (broad SMARTS) is 1. The fraction of sp³-hybridized carbons (Fsp3) is 0.909. The smallest absolute Gasteiger partial charge is 0.317 e. The zero-order chi connectivity index (χ0) is 11.2. The molecule has 0 aliphatic heterocycles. The maximum Gasteiger partial charge on any atom is 0.317 e. The van der Waals surface area contributed by atoms with Crippen molar-refractivity contribution >= 4 is 5.97 Å². The molecule has 0 atom stereocenters. The number of hydrogen-bond donors (Lipinski definition) is 1. The van der Waals surface area contributed by atoms with Crippen LogP contribution in [0.2, 0.25) is 0 Å². The number of nitrogens with zero attached hydrogens (tertiary/aromatic N) is 1. The molecule has 0 saturated carbocycles. The van der Waals surface area contributed by atoms with Gasteiger partial charge in [0, 0.05) is 0 Å². The summed E-state index contributed by atoms with van der Waals surface area (Å²) in [6, 6.07) is 0. The van der Waals surface area contributed by atoms with Gasteiger partial charge in [-0.2, -0.15) is 0 Å². The molecule has 0 fully saturated rings. The predicted octanol–water partition coefficient (Wildman–Crippen LogP) is 2.22. The molecule has 0 aromatic rings. The van der Waals surface area contributed by atoms with Crippen LogP contribution in [-0.2, 0) is 4.79 Å². The highest BCUT2D eigenvalue weighted by molar-refractivity contribution is 5.69. The summed E-state index contributed by atoms with van der Waals surface area (Å²) in [7, 11) is 0. The second-order valence-electron chi connectivity index (χ2n) is 4.98. The van der Waals surface area contributed by atoms with Crippen molar-refractivity contribution in [1.29, 1.82) is 0 Å². The topological polar surface area (TPSA) is 40.5 Å². The third kappa shape index (κ3) is 8.05. The van der Waals surface area contributed by atoms with Gasteiger partial charge in [0.05, 0.1) is 6.54 Å². The summed E-state index contributed by atoms with van der Waals surface area (Å²) in [6.07, 6.45) is 2.05. The summed E-state index contributed by atoms with van der Waals surface area (Å²) in [5.74, 6) is -0.729. The maximum absolute atomic E-state index is 10.6. The average Bonchev–Trinajstić information content (AvgIpc) is 1.98. The van der Waals surface area contributed by atoms with Crippen LogP contribution in [0.15, 0.2) is 0 Å². The average molecular weight is 201 g/mol. The summed E-state index contributed by atoms with van der Waals surface area (Å²) in [5, 5.41) is 8.70. The SMILES string of the molecule is CCCN(CCC(C)(C)C)CC(=O)O. The van der Waals surface area contributed by atoms with Crippen molar-refractivity contribution in [1.82, 2.24) is 4.90 Å². The molecule has 0 heterocycles. The first-order chi connectivity index (χ1) is 6.35. The summed E-state index contributed by atoms with van der Waals surface area (Å²) < 4.78 is 0. The number of hydrogen-bond acceptors (Lipinski definition) is 2. The van der Waals surface area contributed by atoms with Gasteiger partial charge >= 0.3 is 5.97 Å². The Morgan fingerprint density at radius 1 is 1.29 bits per heavy atom. The van der Waals surface area contributed by atoms with Crippen LogP contribution in [0.5, 0.6) is 0 Å². The summed E-state index contributed by atoms with van der Waals surface area (Å²) in [6.45, 7) is 10.5. The third-order valence-electron chi connectivity index (χ3n) is 2.08. The van der Waals surface area contributed by atoms with Crippen LogP contribution in [0.3, 0.4) is 0 Å². The summed E-state index contributed by atoms with van der Waals surface area (Å²) >= 11 is 0. The van der Waals surface area contributed by atoms with Crippen molar-refractivity contribution in [3.63, 3.8) is 0 Å². The van der Waals surface area contributed by atoms with Crippen molar-refractivity contribution in [3.8, 4) is 0 Å². The van der Waals surface area contributed by atoms with E-state index >= 15 is 0 Å². The highest BCUT2D eigenvalue weighted by Crippen LogP contribution is 2.18. The van der Waals surface area contributed by atoms with E-state index in [0.717, 1.165) is 25.9 Å². The summed E-state index contributed by atoms with van der Waals surface area (Å²) in [4.78, 5) is 12.6. The van der Waals surface area contributed by atoms with Gasteiger partial charge in [-0.3, -0.25) is 9.69 Å². The molecule has 3 heteroatoms. The van der Waals surface area contributed by atoms with Crippen LogP contribution in [0, 0.1) is 5.41 Å². The van der Waals surface area contributed by atoms with Crippen molar-refractivity contribution in [3.05, 3.63) is 0 Å². The third-order valence-corrected chi connectivity index (χ3v) is 2.08. The Bertz CT molecular complexity index is 173. The molecule has 3 nitrogen and oxygen atoms in total. The fourth-order valence-electron chi connectivity index (χ4n) is 1.27. The largest absolute Gasteiger partial charge is 0.480 e. The zero-order valence-electron chi connectivity index (χ0n) is 9.84. The molecular formula is C11H23NO2. The lowest BCUT2D eigenvalue weighted by Gasteiger charge is -2.25. The lowest BCUT2D eigenvalue weighted by atomic mass is 9.92. The van der Waals surface area contributed by atoms with E-state index < -0.39 is 5.97 Å². The van der Waals surface area contributed by atoms with E-state index in [1.54, 1.807) is 0 Å². The van der Waals surface area contributed by atoms with Crippen LogP contribution >= 0.6 is 0 Å². The van der Waals surface area contributed by atoms with E-state index in [4.69, 9.17) is 5.11 Å². The molecule has 14 heavy (non-hydrogen) atoms. The number of aliphatic carboxylic acids is 1. The van der Waals surface area contributed by atoms with Crippen LogP contribution in [0.4, 0.5) is 0 Å². The highest BCUT2D eigenvalue weighted by atomic mass is 16.4. The first kappa shape index (κ1) is 13.4. The molecule has 0 radical (unpaired) electrons. The minimum absolute atomic E-state index is 0.171. The zero-order valence-corrected chi connectivity index (χ0v) is 9.84. The highest BCUT2D eigenvalue weighted by Gasteiger charge is 2.14. The first-order valence-electron chi connectivity index (χ1n) is 5.29. The van der Waals surface area contributed by atoms with Crippen molar-refractivity contribution < 1.29 is 9.90 Å². The number of rotatable bonds is 6. The normalized spacial score (nSPS) is 12.1. The molecule has 0 amide bonds. The molecule has 0 aliphatic carbocycles. The molecule has 0 aromatic carbocycles. The first-order valence-corrected chi connectivity index (χ1v) is 5.29. The second-order valence-corrected chi connectivity index (χ2v) is 4.98. The lowest BCUT2D eigenvalue weighted by Crippen LogP contribution is -2.33. The lowest BCUT2D eigenvalue weighted by molar-refractivity contribution is -0.138. The van der Waals surface area contributed by atoms with E-state index in [1.165, 1.54) is 0 Å². The van der Waals surface area contributed by atoms with Crippen LogP contribution in [0.1, 0.15) is 40.5 Å². The van der Waals surface area contributed by atoms with Crippen molar-refractivity contribution in [2.45, 2.75) is 40.5 Å². The Hall–Kier alpha value is -0.570. The Morgan fingerprint density at radius 3 is 2.21 bits per heavy atom. The van der Waals surface area contributed by atoms with Gasteiger partial charge < -0.3 is 5.11 Å². The second kappa shape index (κ2) is 6.02. The molecule has 0 unspecified atom stereocenters. The predicted molar refractivity (Wildman–Crippen MR) is 58.4 cm³/mol. The van der Waals surface area contributed by atoms with Gasteiger partial charge in [0.1, 0.15) is 0 Å². The Balaban J connectivity index is 3.90. The molecule has 0 aliphatic rings. The van der Waals surface area contributed by atoms with E-state index in [9.17, 15) is 4.79 Å². The molecule has 0 aromatic heterocycles. The maximum atomic E-state index is 10.6. The van der Waals surface area contributed by atoms with Gasteiger partial charge in [0.15, 0.2) is 0 Å². The van der Waals surface area contributed by atoms with Crippen LogP contribution in [0.25, 0.3) is 0 Å². The molecular weight excluding hydrogens is 178 g/mol. The Morgan fingerprint density at radius 2 is 1.86 bits per heavy atom. The molecule has 0 spiro atoms. The monoisotopic (exact) mass is 201 g/mol. The fourth-order valence-corrected chi connectivity index (χ4v) is 1.27. The van der Waals surface area contributed by atoms with Gasteiger partial charge in [-0.05, 0) is 31.3 Å². The molecule has 1 N–H and O–H groups in total. The molecule has 0 saturated heterocycles. The minimum atomic E-state index is -0.729. The Kier molecular flexibility index (Phi) is 5.77. The van der Waals surface area contributed by atoms with Gasteiger partial charge in [-0.25, -0.2) is 0 Å².